The number of benzene rings is 1. The van der Waals surface area contributed by atoms with Crippen LogP contribution in [-0.4, -0.2) is 32.9 Å². The van der Waals surface area contributed by atoms with Crippen LogP contribution < -0.4 is 10.5 Å². The molecule has 0 amide bonds. The first-order valence-electron chi connectivity index (χ1n) is 5.38. The lowest BCUT2D eigenvalue weighted by molar-refractivity contribution is 0.0601. The topological polar surface area (TPSA) is 70.8 Å². The Balaban J connectivity index is 2.70. The molecule has 1 aromatic rings. The van der Waals surface area contributed by atoms with E-state index in [0.29, 0.717) is 31.1 Å². The van der Waals surface area contributed by atoms with Gasteiger partial charge in [0.1, 0.15) is 12.4 Å². The van der Waals surface area contributed by atoms with Crippen molar-refractivity contribution in [2.24, 2.45) is 0 Å². The van der Waals surface area contributed by atoms with Crippen molar-refractivity contribution in [3.8, 4) is 5.75 Å². The van der Waals surface area contributed by atoms with Gasteiger partial charge in [0.25, 0.3) is 0 Å². The van der Waals surface area contributed by atoms with E-state index in [9.17, 15) is 4.79 Å². The minimum atomic E-state index is -0.474. The number of carbonyl (C=O) groups excluding carboxylic acids is 1. The molecule has 0 aliphatic carbocycles. The van der Waals surface area contributed by atoms with Crippen molar-refractivity contribution < 1.29 is 19.0 Å². The summed E-state index contributed by atoms with van der Waals surface area (Å²) in [6, 6.07) is 4.99. The molecule has 2 N–H and O–H groups in total. The van der Waals surface area contributed by atoms with Crippen molar-refractivity contribution in [2.75, 3.05) is 32.7 Å². The highest BCUT2D eigenvalue weighted by Gasteiger charge is 2.13. The smallest absolute Gasteiger partial charge is 0.340 e. The highest BCUT2D eigenvalue weighted by molar-refractivity contribution is 5.96. The summed E-state index contributed by atoms with van der Waals surface area (Å²) in [4.78, 5) is 11.4. The molecule has 0 aliphatic rings. The van der Waals surface area contributed by atoms with E-state index < -0.39 is 5.97 Å². The average Bonchev–Trinajstić information content (AvgIpc) is 2.35. The summed E-state index contributed by atoms with van der Waals surface area (Å²) >= 11 is 0. The molecule has 0 radical (unpaired) electrons. The standard InChI is InChI=1S/C12H17NO4/c1-3-16-7-8-17-10-6-4-5-9(11(10)13)12(14)15-2/h4-6H,3,7-8,13H2,1-2H3. The van der Waals surface area contributed by atoms with Gasteiger partial charge in [0.05, 0.1) is 25.0 Å². The first-order valence-corrected chi connectivity index (χ1v) is 5.38. The van der Waals surface area contributed by atoms with Gasteiger partial charge in [-0.25, -0.2) is 4.79 Å². The maximum atomic E-state index is 11.4. The lowest BCUT2D eigenvalue weighted by Gasteiger charge is -2.11. The fraction of sp³-hybridized carbons (Fsp3) is 0.417. The summed E-state index contributed by atoms with van der Waals surface area (Å²) in [6.07, 6.45) is 0. The van der Waals surface area contributed by atoms with Gasteiger partial charge in [-0.05, 0) is 19.1 Å². The Kier molecular flexibility index (Phi) is 5.29. The van der Waals surface area contributed by atoms with E-state index in [4.69, 9.17) is 15.2 Å². The van der Waals surface area contributed by atoms with Crippen LogP contribution in [0.3, 0.4) is 0 Å². The van der Waals surface area contributed by atoms with Crippen LogP contribution in [0.25, 0.3) is 0 Å². The Bertz CT molecular complexity index is 379. The lowest BCUT2D eigenvalue weighted by Crippen LogP contribution is -2.10. The summed E-state index contributed by atoms with van der Waals surface area (Å²) in [6.45, 7) is 3.42. The first-order chi connectivity index (χ1) is 8.20. The third kappa shape index (κ3) is 3.64. The molecule has 1 rings (SSSR count). The van der Waals surface area contributed by atoms with Crippen LogP contribution in [-0.2, 0) is 9.47 Å². The van der Waals surface area contributed by atoms with Gasteiger partial charge in [-0.2, -0.15) is 0 Å². The predicted octanol–water partition coefficient (Wildman–Crippen LogP) is 1.47. The molecule has 0 bridgehead atoms. The minimum Gasteiger partial charge on any atom is -0.489 e. The average molecular weight is 239 g/mol. The fourth-order valence-electron chi connectivity index (χ4n) is 1.31. The summed E-state index contributed by atoms with van der Waals surface area (Å²) in [7, 11) is 1.31. The fourth-order valence-corrected chi connectivity index (χ4v) is 1.31. The number of esters is 1. The van der Waals surface area contributed by atoms with Crippen molar-refractivity contribution in [1.29, 1.82) is 0 Å². The molecule has 1 aromatic carbocycles. The maximum Gasteiger partial charge on any atom is 0.340 e. The highest BCUT2D eigenvalue weighted by atomic mass is 16.5. The number of rotatable bonds is 6. The number of methoxy groups -OCH3 is 1. The number of nitrogen functional groups attached to an aromatic ring is 1. The molecule has 5 heteroatoms. The lowest BCUT2D eigenvalue weighted by atomic mass is 10.1. The summed E-state index contributed by atoms with van der Waals surface area (Å²) < 4.78 is 15.2. The van der Waals surface area contributed by atoms with Crippen LogP contribution in [0.2, 0.25) is 0 Å². The van der Waals surface area contributed by atoms with Gasteiger partial charge in [0.2, 0.25) is 0 Å². The molecule has 0 aromatic heterocycles. The molecule has 0 saturated heterocycles. The van der Waals surface area contributed by atoms with Crippen LogP contribution in [0.4, 0.5) is 5.69 Å². The molecule has 5 nitrogen and oxygen atoms in total. The summed E-state index contributed by atoms with van der Waals surface area (Å²) in [5.74, 6) is -0.00892. The number of nitrogens with two attached hydrogens (primary N) is 1. The molecule has 17 heavy (non-hydrogen) atoms. The molecule has 0 saturated carbocycles. The van der Waals surface area contributed by atoms with Crippen molar-refractivity contribution in [3.05, 3.63) is 23.8 Å². The van der Waals surface area contributed by atoms with Crippen LogP contribution in [0.1, 0.15) is 17.3 Å². The number of hydrogen-bond acceptors (Lipinski definition) is 5. The van der Waals surface area contributed by atoms with Gasteiger partial charge in [-0.15, -0.1) is 0 Å². The number of ether oxygens (including phenoxy) is 3. The van der Waals surface area contributed by atoms with Gasteiger partial charge in [-0.1, -0.05) is 6.07 Å². The maximum absolute atomic E-state index is 11.4. The quantitative estimate of drug-likeness (QED) is 0.462. The van der Waals surface area contributed by atoms with Crippen LogP contribution in [0, 0.1) is 0 Å². The largest absolute Gasteiger partial charge is 0.489 e. The minimum absolute atomic E-state index is 0.288. The van der Waals surface area contributed by atoms with Crippen LogP contribution >= 0.6 is 0 Å². The predicted molar refractivity (Wildman–Crippen MR) is 64.2 cm³/mol. The Morgan fingerprint density at radius 2 is 2.12 bits per heavy atom. The molecule has 0 aliphatic heterocycles. The van der Waals surface area contributed by atoms with Crippen LogP contribution in [0.5, 0.6) is 5.75 Å². The SMILES string of the molecule is CCOCCOc1cccc(C(=O)OC)c1N. The Hall–Kier alpha value is -1.75. The van der Waals surface area contributed by atoms with Crippen molar-refractivity contribution >= 4 is 11.7 Å². The van der Waals surface area contributed by atoms with E-state index in [1.165, 1.54) is 7.11 Å². The van der Waals surface area contributed by atoms with E-state index in [-0.39, 0.29) is 5.69 Å². The van der Waals surface area contributed by atoms with E-state index in [0.717, 1.165) is 0 Å². The van der Waals surface area contributed by atoms with E-state index in [1.807, 2.05) is 6.92 Å². The Labute approximate surface area is 100 Å². The summed E-state index contributed by atoms with van der Waals surface area (Å²) in [5, 5.41) is 0. The zero-order valence-corrected chi connectivity index (χ0v) is 10.1. The van der Waals surface area contributed by atoms with E-state index in [1.54, 1.807) is 18.2 Å². The second-order valence-electron chi connectivity index (χ2n) is 3.25. The molecule has 0 unspecified atom stereocenters. The Morgan fingerprint density at radius 1 is 1.35 bits per heavy atom. The monoisotopic (exact) mass is 239 g/mol. The van der Waals surface area contributed by atoms with Gasteiger partial charge < -0.3 is 19.9 Å². The first kappa shape index (κ1) is 13.3. The highest BCUT2D eigenvalue weighted by Crippen LogP contribution is 2.25. The molecular formula is C12H17NO4. The van der Waals surface area contributed by atoms with E-state index in [2.05, 4.69) is 4.74 Å². The van der Waals surface area contributed by atoms with Crippen molar-refractivity contribution in [3.63, 3.8) is 0 Å². The number of anilines is 1. The zero-order valence-electron chi connectivity index (χ0n) is 10.1. The molecule has 0 atom stereocenters. The number of hydrogen-bond donors (Lipinski definition) is 1. The molecule has 0 fully saturated rings. The molecule has 0 heterocycles. The molecule has 0 spiro atoms. The van der Waals surface area contributed by atoms with Gasteiger partial charge in [0, 0.05) is 6.61 Å². The second kappa shape index (κ2) is 6.75. The molecular weight excluding hydrogens is 222 g/mol. The van der Waals surface area contributed by atoms with Crippen molar-refractivity contribution in [1.82, 2.24) is 0 Å². The van der Waals surface area contributed by atoms with E-state index >= 15 is 0 Å². The number of para-hydroxylation sites is 1. The third-order valence-electron chi connectivity index (χ3n) is 2.16. The van der Waals surface area contributed by atoms with Gasteiger partial charge >= 0.3 is 5.97 Å². The third-order valence-corrected chi connectivity index (χ3v) is 2.16. The second-order valence-corrected chi connectivity index (χ2v) is 3.25. The normalized spacial score (nSPS) is 10.0. The number of carbonyl (C=O) groups is 1. The van der Waals surface area contributed by atoms with Crippen LogP contribution in [0.15, 0.2) is 18.2 Å². The van der Waals surface area contributed by atoms with Crippen molar-refractivity contribution in [2.45, 2.75) is 6.92 Å². The Morgan fingerprint density at radius 3 is 2.76 bits per heavy atom. The molecule has 94 valence electrons. The zero-order chi connectivity index (χ0) is 12.7. The summed E-state index contributed by atoms with van der Waals surface area (Å²) in [5.41, 5.74) is 6.40. The van der Waals surface area contributed by atoms with Gasteiger partial charge in [-0.3, -0.25) is 0 Å². The van der Waals surface area contributed by atoms with Gasteiger partial charge in [0.15, 0.2) is 0 Å².